The van der Waals surface area contributed by atoms with Gasteiger partial charge in [0.2, 0.25) is 0 Å². The molecule has 0 bridgehead atoms. The van der Waals surface area contributed by atoms with E-state index < -0.39 is 0 Å². The third-order valence-electron chi connectivity index (χ3n) is 5.84. The maximum Gasteiger partial charge on any atom is 0.156 e. The molecule has 4 heterocycles. The van der Waals surface area contributed by atoms with Gasteiger partial charge in [-0.25, -0.2) is 9.97 Å². The molecule has 2 fully saturated rings. The fourth-order valence-corrected chi connectivity index (χ4v) is 4.55. The highest BCUT2D eigenvalue weighted by Gasteiger charge is 2.36. The molecule has 1 saturated heterocycles. The number of H-pyrrole nitrogens is 1. The first-order chi connectivity index (χ1) is 12.3. The Morgan fingerprint density at radius 3 is 2.92 bits per heavy atom. The number of aromatic nitrogens is 4. The lowest BCUT2D eigenvalue weighted by Gasteiger charge is -2.25. The molecule has 2 aliphatic rings. The fraction of sp³-hybridized carbons (Fsp3) is 0.579. The molecule has 0 spiro atoms. The highest BCUT2D eigenvalue weighted by atomic mass is 16.5. The molecule has 1 saturated carbocycles. The molecular weight excluding hydrogens is 316 g/mol. The zero-order chi connectivity index (χ0) is 16.8. The molecule has 6 heteroatoms. The number of nitrogens with one attached hydrogen (secondary N) is 1. The van der Waals surface area contributed by atoms with E-state index in [1.165, 1.54) is 5.69 Å². The predicted molar refractivity (Wildman–Crippen MR) is 94.7 cm³/mol. The van der Waals surface area contributed by atoms with Gasteiger partial charge >= 0.3 is 0 Å². The Morgan fingerprint density at radius 1 is 1.16 bits per heavy atom. The Kier molecular flexibility index (Phi) is 3.75. The van der Waals surface area contributed by atoms with E-state index in [4.69, 9.17) is 9.47 Å². The number of ether oxygens (including phenoxy) is 2. The Hall–Kier alpha value is -1.92. The minimum Gasteiger partial charge on any atom is -0.381 e. The first kappa shape index (κ1) is 15.3. The van der Waals surface area contributed by atoms with E-state index in [2.05, 4.69) is 32.3 Å². The highest BCUT2D eigenvalue weighted by molar-refractivity contribution is 5.74. The molecule has 1 N–H and O–H groups in total. The Labute approximate surface area is 146 Å². The summed E-state index contributed by atoms with van der Waals surface area (Å²) < 4.78 is 14.1. The van der Waals surface area contributed by atoms with E-state index in [-0.39, 0.29) is 0 Å². The summed E-state index contributed by atoms with van der Waals surface area (Å²) in [5.74, 6) is 1.06. The SMILES string of the molecule is C[C@@H]1CC(OC2CCOCC2)C[C@H]1c1cnc2cnc3[nH]ccc3n12. The zero-order valence-corrected chi connectivity index (χ0v) is 14.5. The van der Waals surface area contributed by atoms with Crippen molar-refractivity contribution in [3.8, 4) is 0 Å². The summed E-state index contributed by atoms with van der Waals surface area (Å²) in [4.78, 5) is 12.2. The zero-order valence-electron chi connectivity index (χ0n) is 14.5. The van der Waals surface area contributed by atoms with Gasteiger partial charge in [0.05, 0.1) is 23.9 Å². The number of hydrogen-bond acceptors (Lipinski definition) is 4. The van der Waals surface area contributed by atoms with Crippen LogP contribution in [0.25, 0.3) is 16.8 Å². The van der Waals surface area contributed by atoms with Gasteiger partial charge < -0.3 is 14.5 Å². The van der Waals surface area contributed by atoms with Gasteiger partial charge in [-0.2, -0.15) is 0 Å². The number of imidazole rings is 1. The van der Waals surface area contributed by atoms with Crippen LogP contribution in [0.1, 0.15) is 44.2 Å². The van der Waals surface area contributed by atoms with Gasteiger partial charge in [0.15, 0.2) is 11.3 Å². The third-order valence-corrected chi connectivity index (χ3v) is 5.84. The molecule has 25 heavy (non-hydrogen) atoms. The minimum atomic E-state index is 0.345. The normalized spacial score (nSPS) is 28.3. The second kappa shape index (κ2) is 6.11. The standard InChI is InChI=1S/C19H24N4O2/c1-12-8-14(25-13-3-6-24-7-4-13)9-15(12)17-10-21-18-11-22-19-16(23(17)18)2-5-20-19/h2,5,10-15,20H,3-4,6-9H2,1H3/t12-,14?,15-/m1/s1. The number of rotatable bonds is 3. The minimum absolute atomic E-state index is 0.345. The smallest absolute Gasteiger partial charge is 0.156 e. The molecular formula is C19H24N4O2. The highest BCUT2D eigenvalue weighted by Crippen LogP contribution is 2.42. The summed E-state index contributed by atoms with van der Waals surface area (Å²) in [5.41, 5.74) is 4.22. The van der Waals surface area contributed by atoms with Gasteiger partial charge in [0.25, 0.3) is 0 Å². The maximum absolute atomic E-state index is 6.41. The monoisotopic (exact) mass is 340 g/mol. The Balaban J connectivity index is 1.43. The van der Waals surface area contributed by atoms with Crippen LogP contribution in [-0.4, -0.2) is 44.8 Å². The Bertz CT molecular complexity index is 880. The van der Waals surface area contributed by atoms with Crippen molar-refractivity contribution >= 4 is 16.8 Å². The van der Waals surface area contributed by atoms with Crippen LogP contribution >= 0.6 is 0 Å². The number of aromatic amines is 1. The first-order valence-corrected chi connectivity index (χ1v) is 9.32. The summed E-state index contributed by atoms with van der Waals surface area (Å²) in [6.45, 7) is 4.01. The van der Waals surface area contributed by atoms with Crippen molar-refractivity contribution in [3.05, 3.63) is 30.4 Å². The molecule has 1 aliphatic heterocycles. The van der Waals surface area contributed by atoms with Crippen molar-refractivity contribution in [1.82, 2.24) is 19.4 Å². The topological polar surface area (TPSA) is 64.4 Å². The van der Waals surface area contributed by atoms with Crippen molar-refractivity contribution in [2.24, 2.45) is 5.92 Å². The number of hydrogen-bond donors (Lipinski definition) is 1. The van der Waals surface area contributed by atoms with E-state index in [0.29, 0.717) is 24.0 Å². The average Bonchev–Trinajstić information content (AvgIpc) is 3.32. The van der Waals surface area contributed by atoms with Gasteiger partial charge in [0.1, 0.15) is 0 Å². The van der Waals surface area contributed by atoms with Crippen LogP contribution in [0.15, 0.2) is 24.7 Å². The van der Waals surface area contributed by atoms with Crippen LogP contribution in [0, 0.1) is 5.92 Å². The first-order valence-electron chi connectivity index (χ1n) is 9.32. The van der Waals surface area contributed by atoms with Gasteiger partial charge in [-0.1, -0.05) is 6.92 Å². The molecule has 3 aromatic heterocycles. The van der Waals surface area contributed by atoms with Crippen LogP contribution < -0.4 is 0 Å². The molecule has 3 atom stereocenters. The maximum atomic E-state index is 6.41. The molecule has 3 aromatic rings. The van der Waals surface area contributed by atoms with E-state index in [9.17, 15) is 0 Å². The van der Waals surface area contributed by atoms with Gasteiger partial charge in [-0.05, 0) is 37.7 Å². The molecule has 132 valence electrons. The van der Waals surface area contributed by atoms with Crippen molar-refractivity contribution in [2.45, 2.75) is 50.7 Å². The lowest BCUT2D eigenvalue weighted by atomic mass is 9.95. The number of fused-ring (bicyclic) bond motifs is 3. The van der Waals surface area contributed by atoms with Crippen molar-refractivity contribution in [2.75, 3.05) is 13.2 Å². The molecule has 0 amide bonds. The van der Waals surface area contributed by atoms with Gasteiger partial charge in [-0.3, -0.25) is 4.40 Å². The third kappa shape index (κ3) is 2.64. The molecule has 0 radical (unpaired) electrons. The summed E-state index contributed by atoms with van der Waals surface area (Å²) in [7, 11) is 0. The van der Waals surface area contributed by atoms with E-state index >= 15 is 0 Å². The van der Waals surface area contributed by atoms with Gasteiger partial charge in [-0.15, -0.1) is 0 Å². The summed E-state index contributed by atoms with van der Waals surface area (Å²) in [6, 6.07) is 2.08. The average molecular weight is 340 g/mol. The second-order valence-electron chi connectivity index (χ2n) is 7.47. The van der Waals surface area contributed by atoms with Crippen LogP contribution in [-0.2, 0) is 9.47 Å². The molecule has 6 nitrogen and oxygen atoms in total. The predicted octanol–water partition coefficient (Wildman–Crippen LogP) is 3.29. The quantitative estimate of drug-likeness (QED) is 0.795. The van der Waals surface area contributed by atoms with E-state index in [0.717, 1.165) is 55.7 Å². The van der Waals surface area contributed by atoms with Crippen molar-refractivity contribution in [1.29, 1.82) is 0 Å². The molecule has 1 unspecified atom stereocenters. The lowest BCUT2D eigenvalue weighted by Crippen LogP contribution is -2.27. The second-order valence-corrected chi connectivity index (χ2v) is 7.47. The van der Waals surface area contributed by atoms with E-state index in [1.54, 1.807) is 0 Å². The summed E-state index contributed by atoms with van der Waals surface area (Å²) in [6.07, 6.45) is 10.8. The summed E-state index contributed by atoms with van der Waals surface area (Å²) in [5, 5.41) is 0. The molecule has 0 aromatic carbocycles. The fourth-order valence-electron chi connectivity index (χ4n) is 4.55. The lowest BCUT2D eigenvalue weighted by molar-refractivity contribution is -0.0666. The molecule has 5 rings (SSSR count). The van der Waals surface area contributed by atoms with Crippen molar-refractivity contribution < 1.29 is 9.47 Å². The Morgan fingerprint density at radius 2 is 2.04 bits per heavy atom. The molecule has 1 aliphatic carbocycles. The van der Waals surface area contributed by atoms with E-state index in [1.807, 2.05) is 18.6 Å². The van der Waals surface area contributed by atoms with Crippen LogP contribution in [0.5, 0.6) is 0 Å². The van der Waals surface area contributed by atoms with Crippen LogP contribution in [0.2, 0.25) is 0 Å². The largest absolute Gasteiger partial charge is 0.381 e. The summed E-state index contributed by atoms with van der Waals surface area (Å²) >= 11 is 0. The van der Waals surface area contributed by atoms with Crippen molar-refractivity contribution in [3.63, 3.8) is 0 Å². The van der Waals surface area contributed by atoms with Crippen LogP contribution in [0.3, 0.4) is 0 Å². The number of nitrogens with zero attached hydrogens (tertiary/aromatic N) is 3. The van der Waals surface area contributed by atoms with Gasteiger partial charge in [0, 0.05) is 37.2 Å². The van der Waals surface area contributed by atoms with Crippen LogP contribution in [0.4, 0.5) is 0 Å².